The molecule has 0 heterocycles. The third kappa shape index (κ3) is 2.44. The van der Waals surface area contributed by atoms with Crippen LogP contribution >= 0.6 is 11.8 Å². The summed E-state index contributed by atoms with van der Waals surface area (Å²) in [4.78, 5) is 0. The van der Waals surface area contributed by atoms with Crippen LogP contribution in [0.1, 0.15) is 34.1 Å². The molecule has 1 aliphatic rings. The molecule has 1 fully saturated rings. The van der Waals surface area contributed by atoms with Gasteiger partial charge in [0.1, 0.15) is 0 Å². The lowest BCUT2D eigenvalue weighted by molar-refractivity contribution is -0.0726. The van der Waals surface area contributed by atoms with E-state index in [1.807, 2.05) is 11.8 Å². The maximum Gasteiger partial charge on any atom is 0.0621 e. The van der Waals surface area contributed by atoms with E-state index in [2.05, 4.69) is 39.3 Å². The Bertz CT molecular complexity index is 203. The highest BCUT2D eigenvalue weighted by atomic mass is 32.2. The molecule has 2 atom stereocenters. The van der Waals surface area contributed by atoms with E-state index in [0.717, 1.165) is 13.0 Å². The molecule has 14 heavy (non-hydrogen) atoms. The predicted octanol–water partition coefficient (Wildman–Crippen LogP) is 1.88. The van der Waals surface area contributed by atoms with Gasteiger partial charge in [-0.3, -0.25) is 0 Å². The Balaban J connectivity index is 2.34. The van der Waals surface area contributed by atoms with Gasteiger partial charge in [-0.2, -0.15) is 11.8 Å². The Morgan fingerprint density at radius 1 is 1.50 bits per heavy atom. The van der Waals surface area contributed by atoms with Crippen molar-refractivity contribution in [1.29, 1.82) is 0 Å². The fourth-order valence-electron chi connectivity index (χ4n) is 1.69. The Morgan fingerprint density at radius 3 is 2.43 bits per heavy atom. The molecule has 3 heteroatoms. The molecule has 0 aliphatic heterocycles. The summed E-state index contributed by atoms with van der Waals surface area (Å²) in [5, 5.41) is 13.1. The molecule has 2 nitrogen and oxygen atoms in total. The molecular weight excluding hydrogens is 194 g/mol. The maximum atomic E-state index is 9.59. The molecule has 0 aromatic carbocycles. The number of hydrogen-bond donors (Lipinski definition) is 2. The molecule has 1 saturated carbocycles. The Hall–Kier alpha value is 0.270. The molecule has 2 unspecified atom stereocenters. The lowest BCUT2D eigenvalue weighted by atomic mass is 9.64. The average molecular weight is 217 g/mol. The van der Waals surface area contributed by atoms with Crippen molar-refractivity contribution in [3.8, 4) is 0 Å². The van der Waals surface area contributed by atoms with E-state index in [0.29, 0.717) is 6.04 Å². The fraction of sp³-hybridized carbons (Fsp3) is 1.00. The number of aliphatic hydroxyl groups is 1. The van der Waals surface area contributed by atoms with Gasteiger partial charge in [0, 0.05) is 22.7 Å². The van der Waals surface area contributed by atoms with E-state index in [1.165, 1.54) is 0 Å². The van der Waals surface area contributed by atoms with Crippen LogP contribution in [0.25, 0.3) is 0 Å². The van der Waals surface area contributed by atoms with Gasteiger partial charge in [0.2, 0.25) is 0 Å². The van der Waals surface area contributed by atoms with Crippen molar-refractivity contribution in [1.82, 2.24) is 5.32 Å². The minimum atomic E-state index is -0.127. The van der Waals surface area contributed by atoms with E-state index >= 15 is 0 Å². The molecule has 1 aliphatic carbocycles. The molecule has 0 amide bonds. The molecule has 0 aromatic heterocycles. The lowest BCUT2D eigenvalue weighted by Crippen LogP contribution is -2.61. The molecule has 0 radical (unpaired) electrons. The second kappa shape index (κ2) is 4.03. The van der Waals surface area contributed by atoms with Gasteiger partial charge in [0.05, 0.1) is 6.10 Å². The fourth-order valence-corrected chi connectivity index (χ4v) is 1.92. The lowest BCUT2D eigenvalue weighted by Gasteiger charge is -2.50. The summed E-state index contributed by atoms with van der Waals surface area (Å²) in [5.41, 5.74) is 0.0501. The number of aliphatic hydroxyl groups excluding tert-OH is 1. The summed E-state index contributed by atoms with van der Waals surface area (Å²) >= 11 is 1.88. The molecule has 84 valence electrons. The topological polar surface area (TPSA) is 32.3 Å². The largest absolute Gasteiger partial charge is 0.392 e. The van der Waals surface area contributed by atoms with Crippen LogP contribution in [0.15, 0.2) is 0 Å². The molecule has 0 bridgehead atoms. The smallest absolute Gasteiger partial charge is 0.0621 e. The quantitative estimate of drug-likeness (QED) is 0.754. The van der Waals surface area contributed by atoms with Gasteiger partial charge in [-0.25, -0.2) is 0 Å². The third-order valence-corrected chi connectivity index (χ3v) is 4.79. The van der Waals surface area contributed by atoms with Crippen molar-refractivity contribution >= 4 is 11.8 Å². The van der Waals surface area contributed by atoms with E-state index in [1.54, 1.807) is 0 Å². The van der Waals surface area contributed by atoms with Crippen molar-refractivity contribution < 1.29 is 5.11 Å². The molecule has 0 spiro atoms. The number of thioether (sulfide) groups is 1. The Kier molecular flexibility index (Phi) is 3.55. The molecule has 0 saturated heterocycles. The summed E-state index contributed by atoms with van der Waals surface area (Å²) in [6, 6.07) is 0.476. The zero-order chi connectivity index (χ0) is 11.0. The van der Waals surface area contributed by atoms with E-state index in [9.17, 15) is 5.11 Å². The van der Waals surface area contributed by atoms with Crippen LogP contribution in [0, 0.1) is 5.41 Å². The summed E-state index contributed by atoms with van der Waals surface area (Å²) < 4.78 is 0.288. The SMILES string of the molecule is CSC(C)(C)CNC1CC(O)C1(C)C. The molecule has 1 rings (SSSR count). The van der Waals surface area contributed by atoms with Crippen LogP contribution in [-0.4, -0.2) is 34.8 Å². The van der Waals surface area contributed by atoms with Crippen molar-refractivity contribution in [2.45, 2.75) is 51.0 Å². The van der Waals surface area contributed by atoms with Crippen LogP contribution in [0.4, 0.5) is 0 Å². The molecule has 2 N–H and O–H groups in total. The van der Waals surface area contributed by atoms with E-state index < -0.39 is 0 Å². The first-order valence-corrected chi connectivity index (χ1v) is 6.48. The molecular formula is C11H23NOS. The van der Waals surface area contributed by atoms with E-state index in [-0.39, 0.29) is 16.3 Å². The zero-order valence-corrected chi connectivity index (χ0v) is 10.7. The molecule has 0 aromatic rings. The van der Waals surface area contributed by atoms with Gasteiger partial charge in [0.15, 0.2) is 0 Å². The first-order valence-electron chi connectivity index (χ1n) is 5.26. The van der Waals surface area contributed by atoms with E-state index in [4.69, 9.17) is 0 Å². The highest BCUT2D eigenvalue weighted by Crippen LogP contribution is 2.40. The van der Waals surface area contributed by atoms with Crippen LogP contribution in [0.3, 0.4) is 0 Å². The van der Waals surface area contributed by atoms with Crippen LogP contribution in [0.5, 0.6) is 0 Å². The minimum Gasteiger partial charge on any atom is -0.392 e. The Labute approximate surface area is 91.9 Å². The summed E-state index contributed by atoms with van der Waals surface area (Å²) in [5.74, 6) is 0. The second-order valence-corrected chi connectivity index (χ2v) is 6.98. The standard InChI is InChI=1S/C11H23NOS/c1-10(2,14-5)7-12-8-6-9(13)11(8,3)4/h8-9,12-13H,6-7H2,1-5H3. The van der Waals surface area contributed by atoms with Gasteiger partial charge >= 0.3 is 0 Å². The van der Waals surface area contributed by atoms with Gasteiger partial charge in [-0.05, 0) is 26.5 Å². The van der Waals surface area contributed by atoms with Gasteiger partial charge < -0.3 is 10.4 Å². The second-order valence-electron chi connectivity index (χ2n) is 5.47. The zero-order valence-electron chi connectivity index (χ0n) is 9.92. The van der Waals surface area contributed by atoms with Crippen molar-refractivity contribution in [3.05, 3.63) is 0 Å². The summed E-state index contributed by atoms with van der Waals surface area (Å²) in [6.07, 6.45) is 2.91. The van der Waals surface area contributed by atoms with Crippen molar-refractivity contribution in [2.24, 2.45) is 5.41 Å². The van der Waals surface area contributed by atoms with Crippen LogP contribution < -0.4 is 5.32 Å². The van der Waals surface area contributed by atoms with Crippen molar-refractivity contribution in [3.63, 3.8) is 0 Å². The Morgan fingerprint density at radius 2 is 2.07 bits per heavy atom. The first kappa shape index (κ1) is 12.3. The van der Waals surface area contributed by atoms with Crippen LogP contribution in [0.2, 0.25) is 0 Å². The number of nitrogens with one attached hydrogen (secondary N) is 1. The highest BCUT2D eigenvalue weighted by molar-refractivity contribution is 7.99. The van der Waals surface area contributed by atoms with Gasteiger partial charge in [-0.1, -0.05) is 13.8 Å². The number of hydrogen-bond acceptors (Lipinski definition) is 3. The highest BCUT2D eigenvalue weighted by Gasteiger charge is 2.47. The first-order chi connectivity index (χ1) is 6.29. The summed E-state index contributed by atoms with van der Waals surface area (Å²) in [6.45, 7) is 9.75. The third-order valence-electron chi connectivity index (χ3n) is 3.54. The van der Waals surface area contributed by atoms with Gasteiger partial charge in [0.25, 0.3) is 0 Å². The predicted molar refractivity (Wildman–Crippen MR) is 63.8 cm³/mol. The normalized spacial score (nSPS) is 31.3. The van der Waals surface area contributed by atoms with Crippen LogP contribution in [-0.2, 0) is 0 Å². The van der Waals surface area contributed by atoms with Crippen molar-refractivity contribution in [2.75, 3.05) is 12.8 Å². The van der Waals surface area contributed by atoms with Gasteiger partial charge in [-0.15, -0.1) is 0 Å². The summed E-state index contributed by atoms with van der Waals surface area (Å²) in [7, 11) is 0. The average Bonchev–Trinajstić information content (AvgIpc) is 2.12. The number of rotatable bonds is 4. The monoisotopic (exact) mass is 217 g/mol. The minimum absolute atomic E-state index is 0.0501. The maximum absolute atomic E-state index is 9.59.